The van der Waals surface area contributed by atoms with Crippen molar-refractivity contribution in [2.24, 2.45) is 0 Å². The molecular formula is C24H24ClF3N4O. The summed E-state index contributed by atoms with van der Waals surface area (Å²) in [5, 5.41) is 6.69. The van der Waals surface area contributed by atoms with E-state index in [-0.39, 0.29) is 11.9 Å². The molecule has 0 saturated heterocycles. The average Bonchev–Trinajstić information content (AvgIpc) is 2.76. The Morgan fingerprint density at radius 1 is 1.09 bits per heavy atom. The zero-order valence-electron chi connectivity index (χ0n) is 18.2. The maximum Gasteiger partial charge on any atom is 0.573 e. The number of nitrogens with zero attached hydrogens (tertiary/aromatic N) is 2. The van der Waals surface area contributed by atoms with Crippen molar-refractivity contribution >= 4 is 23.2 Å². The van der Waals surface area contributed by atoms with Crippen molar-refractivity contribution in [3.05, 3.63) is 78.0 Å². The Hall–Kier alpha value is -3.26. The first-order valence-electron chi connectivity index (χ1n) is 10.2. The van der Waals surface area contributed by atoms with Crippen LogP contribution in [0.15, 0.2) is 61.3 Å². The van der Waals surface area contributed by atoms with E-state index in [9.17, 15) is 13.2 Å². The molecule has 3 aromatic rings. The van der Waals surface area contributed by atoms with Crippen LogP contribution in [-0.4, -0.2) is 22.5 Å². The van der Waals surface area contributed by atoms with Gasteiger partial charge >= 0.3 is 6.36 Å². The fourth-order valence-corrected chi connectivity index (χ4v) is 3.36. The van der Waals surface area contributed by atoms with Gasteiger partial charge in [-0.15, -0.1) is 31.4 Å². The van der Waals surface area contributed by atoms with Crippen LogP contribution >= 0.6 is 11.6 Å². The lowest BCUT2D eigenvalue weighted by atomic mass is 10.1. The molecule has 5 nitrogen and oxygen atoms in total. The number of benzene rings is 2. The molecule has 0 spiro atoms. The molecule has 33 heavy (non-hydrogen) atoms. The molecule has 0 aliphatic heterocycles. The summed E-state index contributed by atoms with van der Waals surface area (Å²) in [4.78, 5) is 8.95. The van der Waals surface area contributed by atoms with Crippen molar-refractivity contribution in [2.75, 3.05) is 10.6 Å². The van der Waals surface area contributed by atoms with Gasteiger partial charge < -0.3 is 15.4 Å². The first-order chi connectivity index (χ1) is 15.7. The fraction of sp³-hybridized carbons (Fsp3) is 0.250. The number of hydrogen-bond donors (Lipinski definition) is 2. The summed E-state index contributed by atoms with van der Waals surface area (Å²) >= 11 is 5.97. The quantitative estimate of drug-likeness (QED) is 0.201. The standard InChI is InChI=1S/C24H24ClF3N4O/c1-4-5-21(30-20-12-17(13-25)7-6-15(20)2)31-23-29-14-16(3)22(32-23)18-8-10-19(11-9-18)33-24(26,27)28/h4,6-12,14,21,30H,1,5,13H2,2-3H3,(H,29,31,32). The fourth-order valence-electron chi connectivity index (χ4n) is 3.19. The van der Waals surface area contributed by atoms with Gasteiger partial charge in [-0.05, 0) is 60.9 Å². The van der Waals surface area contributed by atoms with Gasteiger partial charge in [0.2, 0.25) is 5.95 Å². The molecule has 1 atom stereocenters. The van der Waals surface area contributed by atoms with E-state index < -0.39 is 6.36 Å². The number of anilines is 2. The van der Waals surface area contributed by atoms with Gasteiger partial charge in [-0.3, -0.25) is 0 Å². The van der Waals surface area contributed by atoms with Crippen LogP contribution in [0.25, 0.3) is 11.3 Å². The lowest BCUT2D eigenvalue weighted by Gasteiger charge is -2.22. The number of aryl methyl sites for hydroxylation is 2. The lowest BCUT2D eigenvalue weighted by molar-refractivity contribution is -0.274. The maximum atomic E-state index is 12.4. The van der Waals surface area contributed by atoms with E-state index in [0.717, 1.165) is 22.4 Å². The summed E-state index contributed by atoms with van der Waals surface area (Å²) in [6, 6.07) is 11.5. The van der Waals surface area contributed by atoms with Crippen LogP contribution in [0.1, 0.15) is 23.1 Å². The summed E-state index contributed by atoms with van der Waals surface area (Å²) in [5.41, 5.74) is 5.01. The van der Waals surface area contributed by atoms with Gasteiger partial charge in [0, 0.05) is 29.7 Å². The molecule has 0 fully saturated rings. The smallest absolute Gasteiger partial charge is 0.406 e. The van der Waals surface area contributed by atoms with Crippen LogP contribution in [0, 0.1) is 13.8 Å². The monoisotopic (exact) mass is 476 g/mol. The second-order valence-corrected chi connectivity index (χ2v) is 7.71. The Bertz CT molecular complexity index is 1100. The molecule has 0 saturated carbocycles. The van der Waals surface area contributed by atoms with Crippen LogP contribution < -0.4 is 15.4 Å². The van der Waals surface area contributed by atoms with Gasteiger partial charge in [0.15, 0.2) is 0 Å². The lowest BCUT2D eigenvalue weighted by Crippen LogP contribution is -2.29. The highest BCUT2D eigenvalue weighted by molar-refractivity contribution is 6.17. The molecule has 0 amide bonds. The molecule has 2 aromatic carbocycles. The van der Waals surface area contributed by atoms with Gasteiger partial charge in [0.25, 0.3) is 0 Å². The van der Waals surface area contributed by atoms with Gasteiger partial charge in [-0.1, -0.05) is 18.2 Å². The minimum Gasteiger partial charge on any atom is -0.406 e. The van der Waals surface area contributed by atoms with Crippen molar-refractivity contribution in [1.29, 1.82) is 0 Å². The minimum absolute atomic E-state index is 0.245. The highest BCUT2D eigenvalue weighted by atomic mass is 35.5. The number of halogens is 4. The number of nitrogens with one attached hydrogen (secondary N) is 2. The Morgan fingerprint density at radius 2 is 1.82 bits per heavy atom. The summed E-state index contributed by atoms with van der Waals surface area (Å²) < 4.78 is 41.2. The zero-order valence-corrected chi connectivity index (χ0v) is 19.0. The molecule has 0 radical (unpaired) electrons. The number of aromatic nitrogens is 2. The highest BCUT2D eigenvalue weighted by Gasteiger charge is 2.31. The second kappa shape index (κ2) is 10.6. The zero-order chi connectivity index (χ0) is 24.0. The van der Waals surface area contributed by atoms with Crippen molar-refractivity contribution in [3.63, 3.8) is 0 Å². The number of alkyl halides is 4. The molecule has 0 bridgehead atoms. The van der Waals surface area contributed by atoms with Crippen LogP contribution in [0.5, 0.6) is 5.75 Å². The Morgan fingerprint density at radius 3 is 2.45 bits per heavy atom. The van der Waals surface area contributed by atoms with E-state index in [2.05, 4.69) is 31.9 Å². The first-order valence-corrected chi connectivity index (χ1v) is 10.7. The third-order valence-electron chi connectivity index (χ3n) is 4.82. The predicted octanol–water partition coefficient (Wildman–Crippen LogP) is 6.82. The van der Waals surface area contributed by atoms with Crippen LogP contribution in [0.4, 0.5) is 24.8 Å². The molecule has 0 aliphatic rings. The normalized spacial score (nSPS) is 12.2. The maximum absolute atomic E-state index is 12.4. The molecule has 3 rings (SSSR count). The van der Waals surface area contributed by atoms with Gasteiger partial charge in [-0.25, -0.2) is 9.97 Å². The van der Waals surface area contributed by atoms with E-state index in [1.807, 2.05) is 32.0 Å². The molecule has 0 aliphatic carbocycles. The Labute approximate surface area is 195 Å². The molecule has 1 unspecified atom stereocenters. The minimum atomic E-state index is -4.74. The predicted molar refractivity (Wildman–Crippen MR) is 125 cm³/mol. The van der Waals surface area contributed by atoms with Gasteiger partial charge in [0.05, 0.1) is 5.69 Å². The largest absolute Gasteiger partial charge is 0.573 e. The molecule has 2 N–H and O–H groups in total. The molecular weight excluding hydrogens is 453 g/mol. The number of ether oxygens (including phenoxy) is 1. The SMILES string of the molecule is C=CCC(Nc1ncc(C)c(-c2ccc(OC(F)(F)F)cc2)n1)Nc1cc(CCl)ccc1C. The molecule has 174 valence electrons. The Kier molecular flexibility index (Phi) is 7.81. The first kappa shape index (κ1) is 24.4. The van der Waals surface area contributed by atoms with Crippen molar-refractivity contribution < 1.29 is 17.9 Å². The van der Waals surface area contributed by atoms with Crippen LogP contribution in [-0.2, 0) is 5.88 Å². The van der Waals surface area contributed by atoms with Crippen molar-refractivity contribution in [3.8, 4) is 17.0 Å². The molecule has 9 heteroatoms. The number of hydrogen-bond acceptors (Lipinski definition) is 5. The highest BCUT2D eigenvalue weighted by Crippen LogP contribution is 2.28. The third-order valence-corrected chi connectivity index (χ3v) is 5.13. The number of rotatable bonds is 9. The molecule has 1 heterocycles. The second-order valence-electron chi connectivity index (χ2n) is 7.45. The summed E-state index contributed by atoms with van der Waals surface area (Å²) in [6.45, 7) is 7.65. The van der Waals surface area contributed by atoms with Crippen molar-refractivity contribution in [2.45, 2.75) is 38.7 Å². The summed E-state index contributed by atoms with van der Waals surface area (Å²) in [5.74, 6) is 0.490. The topological polar surface area (TPSA) is 59.1 Å². The average molecular weight is 477 g/mol. The van der Waals surface area contributed by atoms with Crippen LogP contribution in [0.2, 0.25) is 0 Å². The van der Waals surface area contributed by atoms with E-state index in [4.69, 9.17) is 11.6 Å². The summed E-state index contributed by atoms with van der Waals surface area (Å²) in [7, 11) is 0. The molecule has 1 aromatic heterocycles. The Balaban J connectivity index is 1.81. The van der Waals surface area contributed by atoms with E-state index >= 15 is 0 Å². The van der Waals surface area contributed by atoms with Gasteiger partial charge in [0.1, 0.15) is 11.9 Å². The van der Waals surface area contributed by atoms with Crippen LogP contribution in [0.3, 0.4) is 0 Å². The van der Waals surface area contributed by atoms with Crippen molar-refractivity contribution in [1.82, 2.24) is 9.97 Å². The third kappa shape index (κ3) is 6.86. The van der Waals surface area contributed by atoms with Gasteiger partial charge in [-0.2, -0.15) is 0 Å². The van der Waals surface area contributed by atoms with E-state index in [1.165, 1.54) is 24.3 Å². The van der Waals surface area contributed by atoms with E-state index in [1.54, 1.807) is 12.3 Å². The summed E-state index contributed by atoms with van der Waals surface area (Å²) in [6.07, 6.45) is -0.960. The van der Waals surface area contributed by atoms with E-state index in [0.29, 0.717) is 29.5 Å².